The summed E-state index contributed by atoms with van der Waals surface area (Å²) in [6.45, 7) is 5.24. The van der Waals surface area contributed by atoms with Gasteiger partial charge >= 0.3 is 0 Å². The zero-order chi connectivity index (χ0) is 14.4. The number of pyridine rings is 1. The lowest BCUT2D eigenvalue weighted by Gasteiger charge is -2.09. The highest BCUT2D eigenvalue weighted by Crippen LogP contribution is 2.37. The minimum Gasteiger partial charge on any atom is -0.367 e. The van der Waals surface area contributed by atoms with Crippen LogP contribution < -0.4 is 5.32 Å². The Morgan fingerprint density at radius 3 is 2.95 bits per heavy atom. The van der Waals surface area contributed by atoms with Crippen LogP contribution in [0.4, 0.5) is 5.82 Å². The lowest BCUT2D eigenvalue weighted by Crippen LogP contribution is -2.11. The Labute approximate surface area is 128 Å². The first-order valence-electron chi connectivity index (χ1n) is 7.71. The zero-order valence-corrected chi connectivity index (χ0v) is 13.3. The number of anilines is 1. The summed E-state index contributed by atoms with van der Waals surface area (Å²) in [6.07, 6.45) is 5.47. The van der Waals surface area contributed by atoms with Gasteiger partial charge in [-0.2, -0.15) is 5.10 Å². The number of aromatic amines is 1. The van der Waals surface area contributed by atoms with Gasteiger partial charge < -0.3 is 5.32 Å². The molecule has 0 atom stereocenters. The number of fused-ring (bicyclic) bond motifs is 3. The van der Waals surface area contributed by atoms with Gasteiger partial charge in [0.05, 0.1) is 10.2 Å². The second-order valence-corrected chi connectivity index (χ2v) is 7.17. The lowest BCUT2D eigenvalue weighted by atomic mass is 10.1. The van der Waals surface area contributed by atoms with E-state index in [0.717, 1.165) is 34.3 Å². The van der Waals surface area contributed by atoms with Crippen LogP contribution in [-0.2, 0) is 0 Å². The highest BCUT2D eigenvalue weighted by molar-refractivity contribution is 7.26. The number of aromatic nitrogens is 3. The maximum atomic E-state index is 4.67. The summed E-state index contributed by atoms with van der Waals surface area (Å²) >= 11 is 1.74. The zero-order valence-electron chi connectivity index (χ0n) is 12.5. The topological polar surface area (TPSA) is 53.6 Å². The predicted octanol–water partition coefficient (Wildman–Crippen LogP) is 4.39. The SMILES string of the molecule is Cc1cc(C)c2c(n1)sc1c(NCC3CCCC3)n[nH]c12. The normalized spacial score (nSPS) is 16.3. The van der Waals surface area contributed by atoms with E-state index in [0.29, 0.717) is 0 Å². The van der Waals surface area contributed by atoms with E-state index in [2.05, 4.69) is 40.4 Å². The molecule has 3 heterocycles. The van der Waals surface area contributed by atoms with E-state index in [4.69, 9.17) is 0 Å². The number of hydrogen-bond donors (Lipinski definition) is 2. The first-order chi connectivity index (χ1) is 10.2. The van der Waals surface area contributed by atoms with E-state index >= 15 is 0 Å². The molecular weight excluding hydrogens is 280 g/mol. The highest BCUT2D eigenvalue weighted by Gasteiger charge is 2.18. The van der Waals surface area contributed by atoms with E-state index in [1.165, 1.54) is 41.3 Å². The molecule has 0 aromatic carbocycles. The van der Waals surface area contributed by atoms with Crippen molar-refractivity contribution in [2.45, 2.75) is 39.5 Å². The Hall–Kier alpha value is -1.62. The van der Waals surface area contributed by atoms with Crippen LogP contribution in [0.15, 0.2) is 6.07 Å². The summed E-state index contributed by atoms with van der Waals surface area (Å²) < 4.78 is 1.21. The second kappa shape index (κ2) is 4.98. The molecule has 1 fully saturated rings. The molecule has 2 N–H and O–H groups in total. The maximum absolute atomic E-state index is 4.67. The quantitative estimate of drug-likeness (QED) is 0.754. The maximum Gasteiger partial charge on any atom is 0.165 e. The van der Waals surface area contributed by atoms with Crippen LogP contribution in [-0.4, -0.2) is 21.7 Å². The third-order valence-corrected chi connectivity index (χ3v) is 5.61. The van der Waals surface area contributed by atoms with Crippen LogP contribution in [0.1, 0.15) is 36.9 Å². The van der Waals surface area contributed by atoms with E-state index in [9.17, 15) is 0 Å². The number of hydrogen-bond acceptors (Lipinski definition) is 4. The van der Waals surface area contributed by atoms with Crippen molar-refractivity contribution in [3.05, 3.63) is 17.3 Å². The molecule has 0 spiro atoms. The minimum absolute atomic E-state index is 0.813. The number of aryl methyl sites for hydroxylation is 2. The molecule has 3 aromatic rings. The minimum atomic E-state index is 0.813. The van der Waals surface area contributed by atoms with Crippen LogP contribution in [0, 0.1) is 19.8 Å². The van der Waals surface area contributed by atoms with Crippen molar-refractivity contribution in [1.29, 1.82) is 0 Å². The molecule has 0 bridgehead atoms. The monoisotopic (exact) mass is 300 g/mol. The van der Waals surface area contributed by atoms with Crippen molar-refractivity contribution in [3.63, 3.8) is 0 Å². The highest BCUT2D eigenvalue weighted by atomic mass is 32.1. The van der Waals surface area contributed by atoms with Crippen molar-refractivity contribution >= 4 is 37.6 Å². The standard InChI is InChI=1S/C16H20N4S/c1-9-7-10(2)18-16-12(9)13-14(21-16)15(20-19-13)17-8-11-5-3-4-6-11/h7,11H,3-6,8H2,1-2H3,(H2,17,19,20). The smallest absolute Gasteiger partial charge is 0.165 e. The van der Waals surface area contributed by atoms with Gasteiger partial charge in [0.15, 0.2) is 5.82 Å². The Kier molecular flexibility index (Phi) is 3.10. The fraction of sp³-hybridized carbons (Fsp3) is 0.500. The van der Waals surface area contributed by atoms with E-state index < -0.39 is 0 Å². The van der Waals surface area contributed by atoms with E-state index in [1.54, 1.807) is 11.3 Å². The molecule has 3 aromatic heterocycles. The molecule has 0 radical (unpaired) electrons. The molecular formula is C16H20N4S. The number of thiophene rings is 1. The van der Waals surface area contributed by atoms with Crippen molar-refractivity contribution in [2.75, 3.05) is 11.9 Å². The molecule has 1 aliphatic carbocycles. The summed E-state index contributed by atoms with van der Waals surface area (Å²) in [5, 5.41) is 12.5. The molecule has 21 heavy (non-hydrogen) atoms. The number of rotatable bonds is 3. The summed E-state index contributed by atoms with van der Waals surface area (Å²) in [5.74, 6) is 1.81. The van der Waals surface area contributed by atoms with Crippen LogP contribution >= 0.6 is 11.3 Å². The molecule has 5 heteroatoms. The second-order valence-electron chi connectivity index (χ2n) is 6.17. The summed E-state index contributed by atoms with van der Waals surface area (Å²) in [7, 11) is 0. The van der Waals surface area contributed by atoms with Crippen molar-refractivity contribution in [2.24, 2.45) is 5.92 Å². The predicted molar refractivity (Wildman–Crippen MR) is 89.2 cm³/mol. The number of H-pyrrole nitrogens is 1. The molecule has 1 aliphatic rings. The Bertz CT molecular complexity index is 795. The van der Waals surface area contributed by atoms with Gasteiger partial charge in [0.25, 0.3) is 0 Å². The van der Waals surface area contributed by atoms with Gasteiger partial charge in [-0.1, -0.05) is 12.8 Å². The van der Waals surface area contributed by atoms with Gasteiger partial charge in [0, 0.05) is 17.6 Å². The molecule has 0 unspecified atom stereocenters. The average Bonchev–Trinajstić information content (AvgIpc) is 3.11. The molecule has 4 rings (SSSR count). The van der Waals surface area contributed by atoms with Gasteiger partial charge in [-0.3, -0.25) is 5.10 Å². The molecule has 0 saturated heterocycles. The summed E-state index contributed by atoms with van der Waals surface area (Å²) in [5.41, 5.74) is 3.49. The Morgan fingerprint density at radius 1 is 1.33 bits per heavy atom. The van der Waals surface area contributed by atoms with Gasteiger partial charge in [0.1, 0.15) is 4.83 Å². The van der Waals surface area contributed by atoms with Gasteiger partial charge in [-0.15, -0.1) is 11.3 Å². The largest absolute Gasteiger partial charge is 0.367 e. The Balaban J connectivity index is 1.71. The number of nitrogens with one attached hydrogen (secondary N) is 2. The van der Waals surface area contributed by atoms with Crippen molar-refractivity contribution in [1.82, 2.24) is 15.2 Å². The lowest BCUT2D eigenvalue weighted by molar-refractivity contribution is 0.579. The molecule has 110 valence electrons. The Morgan fingerprint density at radius 2 is 2.14 bits per heavy atom. The summed E-state index contributed by atoms with van der Waals surface area (Å²) in [4.78, 5) is 5.78. The molecule has 4 nitrogen and oxygen atoms in total. The van der Waals surface area contributed by atoms with Gasteiger partial charge in [-0.05, 0) is 44.2 Å². The molecule has 0 aliphatic heterocycles. The van der Waals surface area contributed by atoms with Crippen LogP contribution in [0.25, 0.3) is 20.4 Å². The first-order valence-corrected chi connectivity index (χ1v) is 8.52. The third-order valence-electron chi connectivity index (χ3n) is 4.51. The van der Waals surface area contributed by atoms with Gasteiger partial charge in [0.2, 0.25) is 0 Å². The first kappa shape index (κ1) is 13.1. The third kappa shape index (κ3) is 2.20. The molecule has 1 saturated carbocycles. The van der Waals surface area contributed by atoms with Crippen LogP contribution in [0.5, 0.6) is 0 Å². The van der Waals surface area contributed by atoms with E-state index in [1.807, 2.05) is 0 Å². The fourth-order valence-electron chi connectivity index (χ4n) is 3.45. The molecule has 0 amide bonds. The van der Waals surface area contributed by atoms with Crippen molar-refractivity contribution in [3.8, 4) is 0 Å². The van der Waals surface area contributed by atoms with E-state index in [-0.39, 0.29) is 0 Å². The van der Waals surface area contributed by atoms with Crippen LogP contribution in [0.2, 0.25) is 0 Å². The fourth-order valence-corrected chi connectivity index (χ4v) is 4.67. The van der Waals surface area contributed by atoms with Crippen LogP contribution in [0.3, 0.4) is 0 Å². The van der Waals surface area contributed by atoms with Crippen molar-refractivity contribution < 1.29 is 0 Å². The number of nitrogens with zero attached hydrogens (tertiary/aromatic N) is 2. The summed E-state index contributed by atoms with van der Waals surface area (Å²) in [6, 6.07) is 2.14. The van der Waals surface area contributed by atoms with Gasteiger partial charge in [-0.25, -0.2) is 4.98 Å². The average molecular weight is 300 g/mol.